The minimum atomic E-state index is -3.22. The van der Waals surface area contributed by atoms with Crippen LogP contribution in [-0.2, 0) is 10.0 Å². The molecule has 108 valence electrons. The largest absolute Gasteiger partial charge is 0.496 e. The van der Waals surface area contributed by atoms with Crippen LogP contribution in [0.25, 0.3) is 0 Å². The zero-order chi connectivity index (χ0) is 14.8. The summed E-state index contributed by atoms with van der Waals surface area (Å²) < 4.78 is 30.7. The van der Waals surface area contributed by atoms with Crippen LogP contribution in [0.3, 0.4) is 0 Å². The Kier molecular flexibility index (Phi) is 4.98. The summed E-state index contributed by atoms with van der Waals surface area (Å²) in [7, 11) is -1.57. The predicted octanol–water partition coefficient (Wildman–Crippen LogP) is 2.74. The second kappa shape index (κ2) is 5.92. The summed E-state index contributed by atoms with van der Waals surface area (Å²) in [5.74, 6) is 1.17. The van der Waals surface area contributed by atoms with E-state index in [1.54, 1.807) is 7.11 Å². The summed E-state index contributed by atoms with van der Waals surface area (Å²) in [5.41, 5.74) is 3.09. The van der Waals surface area contributed by atoms with Gasteiger partial charge >= 0.3 is 0 Å². The van der Waals surface area contributed by atoms with Crippen molar-refractivity contribution in [2.45, 2.75) is 39.7 Å². The maximum absolute atomic E-state index is 11.3. The van der Waals surface area contributed by atoms with Crippen molar-refractivity contribution in [2.24, 2.45) is 0 Å². The minimum Gasteiger partial charge on any atom is -0.496 e. The van der Waals surface area contributed by atoms with Crippen LogP contribution in [-0.4, -0.2) is 21.8 Å². The Morgan fingerprint density at radius 1 is 1.16 bits per heavy atom. The van der Waals surface area contributed by atoms with Gasteiger partial charge in [0.05, 0.1) is 13.4 Å². The third kappa shape index (κ3) is 4.21. The molecule has 0 aliphatic rings. The first-order valence-electron chi connectivity index (χ1n) is 6.31. The fraction of sp³-hybridized carbons (Fsp3) is 0.571. The molecule has 5 heteroatoms. The van der Waals surface area contributed by atoms with Crippen molar-refractivity contribution in [1.29, 1.82) is 0 Å². The van der Waals surface area contributed by atoms with Gasteiger partial charge in [0.25, 0.3) is 0 Å². The lowest BCUT2D eigenvalue weighted by molar-refractivity contribution is 0.406. The van der Waals surface area contributed by atoms with Gasteiger partial charge in [-0.05, 0) is 48.6 Å². The molecule has 0 heterocycles. The Labute approximate surface area is 116 Å². The van der Waals surface area contributed by atoms with Gasteiger partial charge in [-0.2, -0.15) is 0 Å². The van der Waals surface area contributed by atoms with Crippen LogP contribution in [0, 0.1) is 6.92 Å². The predicted molar refractivity (Wildman–Crippen MR) is 78.2 cm³/mol. The van der Waals surface area contributed by atoms with Crippen LogP contribution < -0.4 is 9.46 Å². The molecule has 0 bridgehead atoms. The lowest BCUT2D eigenvalue weighted by Gasteiger charge is -2.20. The lowest BCUT2D eigenvalue weighted by Crippen LogP contribution is -2.26. The number of benzene rings is 1. The molecule has 0 aromatic heterocycles. The molecule has 0 saturated heterocycles. The van der Waals surface area contributed by atoms with Gasteiger partial charge in [-0.25, -0.2) is 13.1 Å². The van der Waals surface area contributed by atoms with Crippen LogP contribution in [0.1, 0.15) is 49.4 Å². The van der Waals surface area contributed by atoms with Crippen molar-refractivity contribution in [2.75, 3.05) is 13.4 Å². The number of hydrogen-bond acceptors (Lipinski definition) is 3. The highest BCUT2D eigenvalue weighted by Crippen LogP contribution is 2.32. The monoisotopic (exact) mass is 285 g/mol. The number of hydrogen-bond donors (Lipinski definition) is 1. The molecule has 0 aliphatic carbocycles. The van der Waals surface area contributed by atoms with Gasteiger partial charge in [0, 0.05) is 6.04 Å². The van der Waals surface area contributed by atoms with E-state index in [4.69, 9.17) is 4.74 Å². The molecule has 0 fully saturated rings. The minimum absolute atomic E-state index is 0.251. The highest BCUT2D eigenvalue weighted by Gasteiger charge is 2.17. The molecule has 19 heavy (non-hydrogen) atoms. The molecule has 1 aromatic carbocycles. The van der Waals surface area contributed by atoms with Crippen molar-refractivity contribution in [3.05, 3.63) is 28.8 Å². The first-order chi connectivity index (χ1) is 8.65. The first-order valence-corrected chi connectivity index (χ1v) is 8.20. The van der Waals surface area contributed by atoms with Gasteiger partial charge in [-0.1, -0.05) is 13.8 Å². The van der Waals surface area contributed by atoms with E-state index in [1.165, 1.54) is 6.26 Å². The standard InChI is InChI=1S/C14H23NO3S/c1-9(2)12-8-13(10(3)7-14(12)18-5)11(4)15-19(6,16)17/h7-9,11,15H,1-6H3. The Bertz CT molecular complexity index is 550. The van der Waals surface area contributed by atoms with E-state index in [-0.39, 0.29) is 6.04 Å². The molecule has 0 saturated carbocycles. The average Bonchev–Trinajstić information content (AvgIpc) is 2.25. The molecular formula is C14H23NO3S. The fourth-order valence-corrected chi connectivity index (χ4v) is 2.96. The number of ether oxygens (including phenoxy) is 1. The summed E-state index contributed by atoms with van der Waals surface area (Å²) in [6, 6.07) is 3.74. The van der Waals surface area contributed by atoms with Crippen molar-refractivity contribution in [3.63, 3.8) is 0 Å². The van der Waals surface area contributed by atoms with Crippen LogP contribution >= 0.6 is 0 Å². The highest BCUT2D eigenvalue weighted by molar-refractivity contribution is 7.88. The molecule has 0 aliphatic heterocycles. The zero-order valence-electron chi connectivity index (χ0n) is 12.4. The molecule has 4 nitrogen and oxygen atoms in total. The highest BCUT2D eigenvalue weighted by atomic mass is 32.2. The Balaban J connectivity index is 3.25. The molecule has 1 rings (SSSR count). The first kappa shape index (κ1) is 16.0. The molecule has 1 unspecified atom stereocenters. The van der Waals surface area contributed by atoms with Crippen LogP contribution in [0.4, 0.5) is 0 Å². The van der Waals surface area contributed by atoms with E-state index in [2.05, 4.69) is 18.6 Å². The van der Waals surface area contributed by atoms with Gasteiger partial charge in [0.15, 0.2) is 0 Å². The summed E-state index contributed by atoms with van der Waals surface area (Å²) >= 11 is 0. The zero-order valence-corrected chi connectivity index (χ0v) is 13.3. The van der Waals surface area contributed by atoms with E-state index in [0.29, 0.717) is 5.92 Å². The molecular weight excluding hydrogens is 262 g/mol. The average molecular weight is 285 g/mol. The van der Waals surface area contributed by atoms with E-state index < -0.39 is 10.0 Å². The van der Waals surface area contributed by atoms with Crippen LogP contribution in [0.2, 0.25) is 0 Å². The third-order valence-electron chi connectivity index (χ3n) is 3.10. The van der Waals surface area contributed by atoms with Gasteiger partial charge in [-0.3, -0.25) is 0 Å². The molecule has 1 atom stereocenters. The van der Waals surface area contributed by atoms with E-state index in [0.717, 1.165) is 22.4 Å². The number of nitrogens with one attached hydrogen (secondary N) is 1. The number of sulfonamides is 1. The second-order valence-electron chi connectivity index (χ2n) is 5.22. The topological polar surface area (TPSA) is 55.4 Å². The van der Waals surface area contributed by atoms with E-state index >= 15 is 0 Å². The van der Waals surface area contributed by atoms with Crippen LogP contribution in [0.15, 0.2) is 12.1 Å². The molecule has 0 spiro atoms. The van der Waals surface area contributed by atoms with Gasteiger partial charge in [0.1, 0.15) is 5.75 Å². The van der Waals surface area contributed by atoms with Crippen molar-refractivity contribution < 1.29 is 13.2 Å². The van der Waals surface area contributed by atoms with E-state index in [9.17, 15) is 8.42 Å². The summed E-state index contributed by atoms with van der Waals surface area (Å²) in [6.45, 7) is 7.99. The Morgan fingerprint density at radius 2 is 1.74 bits per heavy atom. The third-order valence-corrected chi connectivity index (χ3v) is 3.88. The summed E-state index contributed by atoms with van der Waals surface area (Å²) in [4.78, 5) is 0. The van der Waals surface area contributed by atoms with Crippen molar-refractivity contribution in [3.8, 4) is 5.75 Å². The molecule has 0 amide bonds. The van der Waals surface area contributed by atoms with Gasteiger partial charge in [0.2, 0.25) is 10.0 Å². The molecule has 0 radical (unpaired) electrons. The maximum atomic E-state index is 11.3. The number of aryl methyl sites for hydroxylation is 1. The molecule has 1 N–H and O–H groups in total. The normalized spacial score (nSPS) is 13.6. The quantitative estimate of drug-likeness (QED) is 0.905. The number of methoxy groups -OCH3 is 1. The van der Waals surface area contributed by atoms with E-state index in [1.807, 2.05) is 26.0 Å². The van der Waals surface area contributed by atoms with Crippen LogP contribution in [0.5, 0.6) is 5.75 Å². The second-order valence-corrected chi connectivity index (χ2v) is 7.00. The van der Waals surface area contributed by atoms with Crippen molar-refractivity contribution >= 4 is 10.0 Å². The smallest absolute Gasteiger partial charge is 0.209 e. The Hall–Kier alpha value is -1.07. The molecule has 1 aromatic rings. The summed E-state index contributed by atoms with van der Waals surface area (Å²) in [5, 5.41) is 0. The van der Waals surface area contributed by atoms with Gasteiger partial charge in [-0.15, -0.1) is 0 Å². The maximum Gasteiger partial charge on any atom is 0.209 e. The van der Waals surface area contributed by atoms with Gasteiger partial charge < -0.3 is 4.74 Å². The van der Waals surface area contributed by atoms with Crippen molar-refractivity contribution in [1.82, 2.24) is 4.72 Å². The lowest BCUT2D eigenvalue weighted by atomic mass is 9.94. The Morgan fingerprint density at radius 3 is 2.16 bits per heavy atom. The fourth-order valence-electron chi connectivity index (χ4n) is 2.19. The summed E-state index contributed by atoms with van der Waals surface area (Å²) in [6.07, 6.45) is 1.17. The number of rotatable bonds is 5. The SMILES string of the molecule is COc1cc(C)c(C(C)NS(C)(=O)=O)cc1C(C)C.